The van der Waals surface area contributed by atoms with Crippen molar-refractivity contribution in [3.05, 3.63) is 42.1 Å². The number of piperidine rings is 1. The monoisotopic (exact) mass is 438 g/mol. The number of nitrogens with one attached hydrogen (secondary N) is 1. The van der Waals surface area contributed by atoms with Crippen LogP contribution in [0.1, 0.15) is 44.1 Å². The van der Waals surface area contributed by atoms with Crippen LogP contribution in [0.25, 0.3) is 11.0 Å². The maximum absolute atomic E-state index is 12.8. The van der Waals surface area contributed by atoms with E-state index in [1.807, 2.05) is 54.4 Å². The average Bonchev–Trinajstić information content (AvgIpc) is 3.23. The van der Waals surface area contributed by atoms with Gasteiger partial charge in [-0.05, 0) is 37.5 Å². The largest absolute Gasteiger partial charge is 0.356 e. The molecule has 0 spiro atoms. The zero-order valence-corrected chi connectivity index (χ0v) is 19.1. The van der Waals surface area contributed by atoms with Crippen LogP contribution in [0.2, 0.25) is 0 Å². The van der Waals surface area contributed by atoms with Gasteiger partial charge in [0.25, 0.3) is 0 Å². The Morgan fingerprint density at radius 3 is 2.65 bits per heavy atom. The van der Waals surface area contributed by atoms with E-state index < -0.39 is 0 Å². The second kappa shape index (κ2) is 10.1. The van der Waals surface area contributed by atoms with Crippen LogP contribution >= 0.6 is 11.8 Å². The number of hydrogen-bond acceptors (Lipinski definition) is 6. The van der Waals surface area contributed by atoms with Crippen LogP contribution in [-0.2, 0) is 11.3 Å². The maximum Gasteiger partial charge on any atom is 0.227 e. The minimum absolute atomic E-state index is 0.0543. The van der Waals surface area contributed by atoms with Crippen LogP contribution < -0.4 is 10.2 Å². The Hall–Kier alpha value is -2.61. The summed E-state index contributed by atoms with van der Waals surface area (Å²) in [6.07, 6.45) is 8.30. The molecule has 31 heavy (non-hydrogen) atoms. The molecule has 4 rings (SSSR count). The maximum atomic E-state index is 12.8. The first-order chi connectivity index (χ1) is 15.2. The molecule has 0 bridgehead atoms. The van der Waals surface area contributed by atoms with Gasteiger partial charge in [-0.1, -0.05) is 49.0 Å². The first-order valence-corrected chi connectivity index (χ1v) is 12.3. The van der Waals surface area contributed by atoms with E-state index in [9.17, 15) is 4.79 Å². The van der Waals surface area contributed by atoms with Crippen molar-refractivity contribution in [3.8, 4) is 0 Å². The summed E-state index contributed by atoms with van der Waals surface area (Å²) in [6, 6.07) is 9.95. The summed E-state index contributed by atoms with van der Waals surface area (Å²) in [6.45, 7) is 5.18. The predicted octanol–water partition coefficient (Wildman–Crippen LogP) is 3.85. The molecule has 1 amide bonds. The Morgan fingerprint density at radius 2 is 1.94 bits per heavy atom. The number of thioether (sulfide) groups is 1. The number of nitrogens with zero attached hydrogens (tertiary/aromatic N) is 5. The molecule has 0 radical (unpaired) electrons. The van der Waals surface area contributed by atoms with E-state index in [1.54, 1.807) is 11.8 Å². The van der Waals surface area contributed by atoms with Crippen molar-refractivity contribution in [3.63, 3.8) is 0 Å². The van der Waals surface area contributed by atoms with Gasteiger partial charge in [0.15, 0.2) is 10.8 Å². The van der Waals surface area contributed by atoms with Crippen LogP contribution in [0.5, 0.6) is 0 Å². The van der Waals surface area contributed by atoms with Gasteiger partial charge in [-0.25, -0.2) is 14.6 Å². The smallest absolute Gasteiger partial charge is 0.227 e. The molecule has 0 aliphatic carbocycles. The van der Waals surface area contributed by atoms with E-state index in [2.05, 4.69) is 15.3 Å². The normalized spacial score (nSPS) is 15.2. The Balaban J connectivity index is 1.48. The Morgan fingerprint density at radius 1 is 1.16 bits per heavy atom. The topological polar surface area (TPSA) is 75.9 Å². The van der Waals surface area contributed by atoms with E-state index in [0.717, 1.165) is 47.1 Å². The molecule has 1 atom stereocenters. The summed E-state index contributed by atoms with van der Waals surface area (Å²) < 4.78 is 1.88. The number of carbonyl (C=O) groups excluding carboxylic acids is 1. The van der Waals surface area contributed by atoms with E-state index in [4.69, 9.17) is 9.97 Å². The van der Waals surface area contributed by atoms with E-state index >= 15 is 0 Å². The second-order valence-corrected chi connectivity index (χ2v) is 8.62. The summed E-state index contributed by atoms with van der Waals surface area (Å²) >= 11 is 1.55. The number of benzene rings is 1. The highest BCUT2D eigenvalue weighted by Crippen LogP contribution is 2.28. The number of carbonyl (C=O) groups is 1. The summed E-state index contributed by atoms with van der Waals surface area (Å²) in [5.74, 6) is 0.907. The molecular formula is C23H30N6OS. The lowest BCUT2D eigenvalue weighted by Crippen LogP contribution is -2.32. The molecule has 2 aromatic heterocycles. The molecule has 0 saturated carbocycles. The van der Waals surface area contributed by atoms with Gasteiger partial charge in [0.1, 0.15) is 5.82 Å². The van der Waals surface area contributed by atoms with Gasteiger partial charge < -0.3 is 10.2 Å². The summed E-state index contributed by atoms with van der Waals surface area (Å²) in [4.78, 5) is 24.6. The molecule has 3 heterocycles. The van der Waals surface area contributed by atoms with Gasteiger partial charge >= 0.3 is 0 Å². The average molecular weight is 439 g/mol. The lowest BCUT2D eigenvalue weighted by atomic mass is 9.96. The van der Waals surface area contributed by atoms with Gasteiger partial charge in [0.2, 0.25) is 5.91 Å². The lowest BCUT2D eigenvalue weighted by molar-refractivity contribution is -0.122. The summed E-state index contributed by atoms with van der Waals surface area (Å²) in [5.41, 5.74) is 1.89. The van der Waals surface area contributed by atoms with Crippen LogP contribution in [0.4, 0.5) is 5.82 Å². The molecule has 164 valence electrons. The Labute approximate surface area is 187 Å². The fourth-order valence-electron chi connectivity index (χ4n) is 4.19. The fraction of sp³-hybridized carbons (Fsp3) is 0.478. The van der Waals surface area contributed by atoms with Crippen molar-refractivity contribution >= 4 is 34.5 Å². The number of amides is 1. The van der Waals surface area contributed by atoms with Crippen molar-refractivity contribution in [2.24, 2.45) is 0 Å². The van der Waals surface area contributed by atoms with Crippen molar-refractivity contribution in [2.45, 2.75) is 50.2 Å². The molecule has 7 nitrogen and oxygen atoms in total. The standard InChI is InChI=1S/C23H30N6OS/c1-3-18(17-10-6-4-7-11-17)22(30)24-12-15-29-21-19(16-25-29)20(26-23(27-21)31-2)28-13-8-5-9-14-28/h4,6-7,10-11,16,18H,3,5,8-9,12-15H2,1-2H3,(H,24,30)/t18-/m0/s1. The third-order valence-electron chi connectivity index (χ3n) is 5.84. The number of aromatic nitrogens is 4. The molecule has 1 fully saturated rings. The molecule has 3 aromatic rings. The van der Waals surface area contributed by atoms with Crippen LogP contribution in [0.3, 0.4) is 0 Å². The predicted molar refractivity (Wildman–Crippen MR) is 126 cm³/mol. The molecule has 1 aliphatic rings. The first kappa shape index (κ1) is 21.6. The van der Waals surface area contributed by atoms with Crippen LogP contribution in [-0.4, -0.2) is 51.5 Å². The molecule has 8 heteroatoms. The van der Waals surface area contributed by atoms with Gasteiger partial charge in [0, 0.05) is 19.6 Å². The van der Waals surface area contributed by atoms with E-state index in [1.165, 1.54) is 19.3 Å². The van der Waals surface area contributed by atoms with Gasteiger partial charge in [-0.15, -0.1) is 0 Å². The number of hydrogen-bond donors (Lipinski definition) is 1. The number of anilines is 1. The second-order valence-electron chi connectivity index (χ2n) is 7.85. The highest BCUT2D eigenvalue weighted by atomic mass is 32.2. The lowest BCUT2D eigenvalue weighted by Gasteiger charge is -2.28. The van der Waals surface area contributed by atoms with Crippen LogP contribution in [0, 0.1) is 0 Å². The van der Waals surface area contributed by atoms with Crippen molar-refractivity contribution in [2.75, 3.05) is 30.8 Å². The third-order valence-corrected chi connectivity index (χ3v) is 6.39. The highest BCUT2D eigenvalue weighted by molar-refractivity contribution is 7.98. The Bertz CT molecular complexity index is 1020. The quantitative estimate of drug-likeness (QED) is 0.425. The zero-order chi connectivity index (χ0) is 21.6. The van der Waals surface area contributed by atoms with Gasteiger partial charge in [0.05, 0.1) is 24.0 Å². The molecule has 1 aromatic carbocycles. The summed E-state index contributed by atoms with van der Waals surface area (Å²) in [7, 11) is 0. The van der Waals surface area contributed by atoms with Gasteiger partial charge in [-0.2, -0.15) is 5.10 Å². The molecular weight excluding hydrogens is 408 g/mol. The molecule has 1 saturated heterocycles. The SMILES string of the molecule is CC[C@H](C(=O)NCCn1ncc2c(N3CCCCC3)nc(SC)nc21)c1ccccc1. The number of fused-ring (bicyclic) bond motifs is 1. The molecule has 1 N–H and O–H groups in total. The van der Waals surface area contributed by atoms with E-state index in [-0.39, 0.29) is 11.8 Å². The van der Waals surface area contributed by atoms with Crippen molar-refractivity contribution < 1.29 is 4.79 Å². The first-order valence-electron chi connectivity index (χ1n) is 11.1. The molecule has 0 unspecified atom stereocenters. The van der Waals surface area contributed by atoms with Crippen molar-refractivity contribution in [1.29, 1.82) is 0 Å². The fourth-order valence-corrected chi connectivity index (χ4v) is 4.54. The third kappa shape index (κ3) is 4.84. The van der Waals surface area contributed by atoms with E-state index in [0.29, 0.717) is 13.1 Å². The Kier molecular flexibility index (Phi) is 7.06. The van der Waals surface area contributed by atoms with Crippen LogP contribution in [0.15, 0.2) is 41.7 Å². The van der Waals surface area contributed by atoms with Gasteiger partial charge in [-0.3, -0.25) is 4.79 Å². The highest BCUT2D eigenvalue weighted by Gasteiger charge is 2.21. The zero-order valence-electron chi connectivity index (χ0n) is 18.3. The minimum atomic E-state index is -0.133. The number of rotatable bonds is 8. The summed E-state index contributed by atoms with van der Waals surface area (Å²) in [5, 5.41) is 9.40. The minimum Gasteiger partial charge on any atom is -0.356 e. The van der Waals surface area contributed by atoms with Crippen molar-refractivity contribution in [1.82, 2.24) is 25.1 Å². The molecule has 1 aliphatic heterocycles.